The molecule has 0 heterocycles. The van der Waals surface area contributed by atoms with E-state index in [1.165, 1.54) is 12.1 Å². The molecule has 0 bridgehead atoms. The Kier molecular flexibility index (Phi) is 4.65. The van der Waals surface area contributed by atoms with Gasteiger partial charge >= 0.3 is 12.1 Å². The normalized spacial score (nSPS) is 12.2. The van der Waals surface area contributed by atoms with Crippen LogP contribution in [-0.2, 0) is 12.5 Å². The van der Waals surface area contributed by atoms with Crippen molar-refractivity contribution in [3.8, 4) is 0 Å². The first-order valence-electron chi connectivity index (χ1n) is 6.39. The maximum atomic E-state index is 13.5. The highest BCUT2D eigenvalue weighted by Crippen LogP contribution is 2.44. The predicted molar refractivity (Wildman–Crippen MR) is 73.3 cm³/mol. The number of hydrogen-bond acceptors (Lipinski definition) is 2. The zero-order chi connectivity index (χ0) is 16.2. The van der Waals surface area contributed by atoms with E-state index in [0.29, 0.717) is 5.69 Å². The number of alkyl halides is 5. The van der Waals surface area contributed by atoms with Gasteiger partial charge in [0.2, 0.25) is 0 Å². The first kappa shape index (κ1) is 16.2. The average molecular weight is 316 g/mol. The summed E-state index contributed by atoms with van der Waals surface area (Å²) in [6.07, 6.45) is -5.63. The second kappa shape index (κ2) is 6.31. The third-order valence-corrected chi connectivity index (χ3v) is 3.00. The van der Waals surface area contributed by atoms with E-state index in [-0.39, 0.29) is 12.1 Å². The molecule has 2 aromatic carbocycles. The largest absolute Gasteiger partial charge is 0.458 e. The minimum absolute atomic E-state index is 0.131. The third kappa shape index (κ3) is 3.54. The average Bonchev–Trinajstić information content (AvgIpc) is 2.47. The van der Waals surface area contributed by atoms with Crippen molar-refractivity contribution in [2.24, 2.45) is 0 Å². The van der Waals surface area contributed by atoms with Crippen LogP contribution in [0.15, 0.2) is 54.6 Å². The molecule has 0 saturated heterocycles. The van der Waals surface area contributed by atoms with Crippen molar-refractivity contribution in [2.75, 3.05) is 5.43 Å². The lowest BCUT2D eigenvalue weighted by Gasteiger charge is -2.22. The number of halogens is 5. The van der Waals surface area contributed by atoms with Crippen molar-refractivity contribution in [1.29, 1.82) is 0 Å². The monoisotopic (exact) mass is 316 g/mol. The quantitative estimate of drug-likeness (QED) is 0.629. The molecule has 0 saturated carbocycles. The minimum atomic E-state index is -5.63. The Labute approximate surface area is 123 Å². The van der Waals surface area contributed by atoms with Gasteiger partial charge in [-0.3, -0.25) is 0 Å². The van der Waals surface area contributed by atoms with Crippen molar-refractivity contribution in [1.82, 2.24) is 5.43 Å². The number of hydrazine groups is 1. The molecule has 0 unspecified atom stereocenters. The lowest BCUT2D eigenvalue weighted by Crippen LogP contribution is -2.35. The standard InChI is InChI=1S/C15H13F5N2/c16-14(17,15(18,19)20)13-9-5-4-6-11(13)10-21-22-12-7-2-1-3-8-12/h1-9,21-22H,10H2. The molecule has 2 rings (SSSR count). The van der Waals surface area contributed by atoms with Gasteiger partial charge in [0, 0.05) is 17.8 Å². The summed E-state index contributed by atoms with van der Waals surface area (Å²) in [6, 6.07) is 13.3. The zero-order valence-electron chi connectivity index (χ0n) is 11.3. The first-order chi connectivity index (χ1) is 10.3. The van der Waals surface area contributed by atoms with E-state index in [1.54, 1.807) is 30.3 Å². The molecular weight excluding hydrogens is 303 g/mol. The Hall–Kier alpha value is -2.15. The molecule has 0 aliphatic carbocycles. The second-order valence-corrected chi connectivity index (χ2v) is 4.57. The summed E-state index contributed by atoms with van der Waals surface area (Å²) in [7, 11) is 0. The Morgan fingerprint density at radius 2 is 1.36 bits per heavy atom. The molecular formula is C15H13F5N2. The molecule has 2 nitrogen and oxygen atoms in total. The SMILES string of the molecule is FC(F)(F)C(F)(F)c1ccccc1CNNc1ccccc1. The van der Waals surface area contributed by atoms with E-state index in [1.807, 2.05) is 0 Å². The fraction of sp³-hybridized carbons (Fsp3) is 0.200. The number of benzene rings is 2. The van der Waals surface area contributed by atoms with E-state index >= 15 is 0 Å². The highest BCUT2D eigenvalue weighted by Gasteiger charge is 2.59. The molecule has 0 atom stereocenters. The van der Waals surface area contributed by atoms with Crippen molar-refractivity contribution >= 4 is 5.69 Å². The zero-order valence-corrected chi connectivity index (χ0v) is 11.3. The number of nitrogens with one attached hydrogen (secondary N) is 2. The Morgan fingerprint density at radius 1 is 0.773 bits per heavy atom. The van der Waals surface area contributed by atoms with E-state index in [2.05, 4.69) is 10.9 Å². The maximum absolute atomic E-state index is 13.5. The molecule has 0 radical (unpaired) electrons. The minimum Gasteiger partial charge on any atom is -0.321 e. The number of anilines is 1. The van der Waals surface area contributed by atoms with Crippen LogP contribution in [0.2, 0.25) is 0 Å². The smallest absolute Gasteiger partial charge is 0.321 e. The van der Waals surface area contributed by atoms with Crippen molar-refractivity contribution in [2.45, 2.75) is 18.6 Å². The van der Waals surface area contributed by atoms with Crippen LogP contribution in [0.25, 0.3) is 0 Å². The van der Waals surface area contributed by atoms with Crippen LogP contribution in [0.5, 0.6) is 0 Å². The molecule has 0 amide bonds. The van der Waals surface area contributed by atoms with E-state index in [0.717, 1.165) is 12.1 Å². The Balaban J connectivity index is 2.12. The summed E-state index contributed by atoms with van der Waals surface area (Å²) in [5.41, 5.74) is 4.85. The van der Waals surface area contributed by atoms with Gasteiger partial charge in [-0.25, -0.2) is 5.43 Å². The van der Waals surface area contributed by atoms with Crippen molar-refractivity contribution in [3.05, 3.63) is 65.7 Å². The number of rotatable bonds is 5. The number of hydrogen-bond donors (Lipinski definition) is 2. The highest BCUT2D eigenvalue weighted by atomic mass is 19.4. The molecule has 0 spiro atoms. The summed E-state index contributed by atoms with van der Waals surface area (Å²) in [6.45, 7) is -0.184. The van der Waals surface area contributed by atoms with Crippen LogP contribution in [-0.4, -0.2) is 6.18 Å². The predicted octanol–water partition coefficient (Wildman–Crippen LogP) is 4.46. The molecule has 22 heavy (non-hydrogen) atoms. The van der Waals surface area contributed by atoms with Crippen LogP contribution >= 0.6 is 0 Å². The van der Waals surface area contributed by atoms with Gasteiger partial charge in [0.15, 0.2) is 0 Å². The highest BCUT2D eigenvalue weighted by molar-refractivity contribution is 5.41. The van der Waals surface area contributed by atoms with Gasteiger partial charge in [-0.2, -0.15) is 22.0 Å². The van der Waals surface area contributed by atoms with Crippen LogP contribution in [0.3, 0.4) is 0 Å². The number of para-hydroxylation sites is 1. The van der Waals surface area contributed by atoms with Gasteiger partial charge in [-0.1, -0.05) is 42.5 Å². The van der Waals surface area contributed by atoms with Gasteiger partial charge in [0.05, 0.1) is 0 Å². The van der Waals surface area contributed by atoms with E-state index < -0.39 is 17.7 Å². The van der Waals surface area contributed by atoms with Crippen LogP contribution in [0.4, 0.5) is 27.6 Å². The first-order valence-corrected chi connectivity index (χ1v) is 6.39. The van der Waals surface area contributed by atoms with Crippen LogP contribution < -0.4 is 10.9 Å². The van der Waals surface area contributed by atoms with Crippen molar-refractivity contribution < 1.29 is 22.0 Å². The van der Waals surface area contributed by atoms with E-state index in [9.17, 15) is 22.0 Å². The molecule has 0 fully saturated rings. The van der Waals surface area contributed by atoms with E-state index in [4.69, 9.17) is 0 Å². The fourth-order valence-electron chi connectivity index (χ4n) is 1.90. The van der Waals surface area contributed by atoms with Gasteiger partial charge in [-0.05, 0) is 17.7 Å². The van der Waals surface area contributed by atoms with Gasteiger partial charge in [0.25, 0.3) is 0 Å². The van der Waals surface area contributed by atoms with Gasteiger partial charge in [0.1, 0.15) is 0 Å². The molecule has 2 aromatic rings. The maximum Gasteiger partial charge on any atom is 0.458 e. The summed E-state index contributed by atoms with van der Waals surface area (Å²) >= 11 is 0. The van der Waals surface area contributed by atoms with Crippen LogP contribution in [0.1, 0.15) is 11.1 Å². The Morgan fingerprint density at radius 3 is 2.00 bits per heavy atom. The fourth-order valence-corrected chi connectivity index (χ4v) is 1.90. The molecule has 0 aliphatic rings. The second-order valence-electron chi connectivity index (χ2n) is 4.57. The molecule has 0 aromatic heterocycles. The van der Waals surface area contributed by atoms with Crippen molar-refractivity contribution in [3.63, 3.8) is 0 Å². The van der Waals surface area contributed by atoms with Gasteiger partial charge < -0.3 is 5.43 Å². The third-order valence-electron chi connectivity index (χ3n) is 3.00. The topological polar surface area (TPSA) is 24.1 Å². The molecule has 118 valence electrons. The summed E-state index contributed by atoms with van der Waals surface area (Å²) in [5, 5.41) is 0. The molecule has 0 aliphatic heterocycles. The molecule has 7 heteroatoms. The lowest BCUT2D eigenvalue weighted by atomic mass is 10.0. The Bertz CT molecular complexity index is 611. The summed E-state index contributed by atoms with van der Waals surface area (Å²) in [5.74, 6) is -4.89. The summed E-state index contributed by atoms with van der Waals surface area (Å²) in [4.78, 5) is 0. The summed E-state index contributed by atoms with van der Waals surface area (Å²) < 4.78 is 64.5. The lowest BCUT2D eigenvalue weighted by molar-refractivity contribution is -0.289. The van der Waals surface area contributed by atoms with Crippen LogP contribution in [0, 0.1) is 0 Å². The molecule has 2 N–H and O–H groups in total. The van der Waals surface area contributed by atoms with Gasteiger partial charge in [-0.15, -0.1) is 0 Å².